The number of nitrogens with two attached hydrogens (primary N) is 1. The molecule has 9 aromatic rings. The largest absolute Gasteiger partial charge is 0.496 e. The molecule has 34 heteroatoms. The molecule has 9 heterocycles. The lowest BCUT2D eigenvalue weighted by atomic mass is 10.00. The van der Waals surface area contributed by atoms with Gasteiger partial charge in [-0.2, -0.15) is 9.97 Å². The number of aryl methyl sites for hydroxylation is 1. The fourth-order valence-corrected chi connectivity index (χ4v) is 20.9. The van der Waals surface area contributed by atoms with Crippen molar-refractivity contribution in [1.82, 2.24) is 64.4 Å². The van der Waals surface area contributed by atoms with Gasteiger partial charge in [0.15, 0.2) is 17.5 Å². The van der Waals surface area contributed by atoms with Crippen LogP contribution in [0.5, 0.6) is 17.2 Å². The number of hydrogen-bond acceptors (Lipinski definition) is 28. The zero-order chi connectivity index (χ0) is 89.1. The molecule has 125 heavy (non-hydrogen) atoms. The normalized spacial score (nSPS) is 17.5. The van der Waals surface area contributed by atoms with E-state index >= 15 is 0 Å². The number of para-hydroxylation sites is 2. The molecule has 15 rings (SSSR count). The van der Waals surface area contributed by atoms with Crippen LogP contribution in [0.2, 0.25) is 15.1 Å². The summed E-state index contributed by atoms with van der Waals surface area (Å²) < 4.78 is 55.9. The molecule has 0 saturated carbocycles. The monoisotopic (exact) mass is 1820 g/mol. The molecule has 28 nitrogen and oxygen atoms in total. The van der Waals surface area contributed by atoms with Crippen molar-refractivity contribution in [3.05, 3.63) is 166 Å². The maximum Gasteiger partial charge on any atom is 0.229 e. The fourth-order valence-electron chi connectivity index (χ4n) is 17.1. The van der Waals surface area contributed by atoms with Crippen LogP contribution < -0.4 is 77.1 Å². The summed E-state index contributed by atoms with van der Waals surface area (Å²) in [4.78, 5) is 47.2. The average molecular weight is 1820 g/mol. The van der Waals surface area contributed by atoms with Gasteiger partial charge in [-0.3, -0.25) is 14.7 Å². The Hall–Kier alpha value is -8.56. The Morgan fingerprint density at radius 2 is 0.832 bits per heavy atom. The molecule has 6 aliphatic rings. The first-order valence-electron chi connectivity index (χ1n) is 43.2. The minimum absolute atomic E-state index is 0.182. The highest BCUT2D eigenvalue weighted by Gasteiger charge is 2.34. The highest BCUT2D eigenvalue weighted by Crippen LogP contribution is 2.44. The van der Waals surface area contributed by atoms with E-state index in [0.29, 0.717) is 80.8 Å². The quantitative estimate of drug-likeness (QED) is 0.0307. The first kappa shape index (κ1) is 94.1. The van der Waals surface area contributed by atoms with E-state index in [9.17, 15) is 13.7 Å². The Labute approximate surface area is 754 Å². The van der Waals surface area contributed by atoms with Gasteiger partial charge in [0.05, 0.1) is 62.2 Å². The van der Waals surface area contributed by atoms with Crippen molar-refractivity contribution in [1.29, 1.82) is 0 Å². The Balaban J connectivity index is 0.000000161. The topological polar surface area (TPSA) is 275 Å². The number of nitrogen functional groups attached to an aromatic ring is 1. The lowest BCUT2D eigenvalue weighted by molar-refractivity contribution is -0.0564. The summed E-state index contributed by atoms with van der Waals surface area (Å²) in [5.41, 5.74) is 15.5. The first-order valence-corrected chi connectivity index (χ1v) is 52.1. The summed E-state index contributed by atoms with van der Waals surface area (Å²) in [6, 6.07) is 40.8. The number of piperidine rings is 2. The van der Waals surface area contributed by atoms with Crippen LogP contribution in [-0.2, 0) is 20.1 Å². The summed E-state index contributed by atoms with van der Waals surface area (Å²) in [6.07, 6.45) is 8.20. The molecular weight excluding hydrogens is 1700 g/mol. The molecule has 6 saturated heterocycles. The van der Waals surface area contributed by atoms with Crippen molar-refractivity contribution in [3.63, 3.8) is 0 Å². The Morgan fingerprint density at radius 3 is 1.29 bits per heavy atom. The van der Waals surface area contributed by atoms with Crippen LogP contribution in [0.25, 0.3) is 0 Å². The minimum Gasteiger partial charge on any atom is -0.496 e. The number of ether oxygens (including phenoxy) is 3. The maximum atomic E-state index is 12.9. The van der Waals surface area contributed by atoms with Crippen LogP contribution in [0.4, 0.5) is 80.7 Å². The molecule has 7 N–H and O–H groups in total. The predicted octanol–water partition coefficient (Wildman–Crippen LogP) is 15.2. The summed E-state index contributed by atoms with van der Waals surface area (Å²) in [5, 5.41) is 24.5. The molecule has 6 aliphatic heterocycles. The summed E-state index contributed by atoms with van der Waals surface area (Å²) >= 11 is 19.4. The third-order valence-corrected chi connectivity index (χ3v) is 29.9. The molecule has 6 fully saturated rings. The highest BCUT2D eigenvalue weighted by molar-refractivity contribution is 7.71. The number of aromatic nitrogens is 6. The van der Waals surface area contributed by atoms with E-state index in [2.05, 4.69) is 183 Å². The number of rotatable bonds is 24. The molecule has 0 aliphatic carbocycles. The number of benzene rings is 6. The summed E-state index contributed by atoms with van der Waals surface area (Å²) in [7, 11) is 1.86. The molecule has 0 unspecified atom stereocenters. The van der Waals surface area contributed by atoms with Crippen LogP contribution in [0.3, 0.4) is 0 Å². The number of hydrazine groups is 1. The van der Waals surface area contributed by atoms with Crippen LogP contribution in [0.15, 0.2) is 134 Å². The SMILES string of the molecule is COc1cc(N2CCC(N3CCN(C(C)(C)C)CC3)CC2)ccc1Nc1ncc(Cl)c(Nc2ccccc2P(C)(C)=O)n1.COc1cc(N2CCC(N3CCN(C)CC3)CC2)ccc1Nc1ncc(Cl)c(Nc2cc(C)ccc2P(C)(C)=O)n1.COc1cc(N2CCN(N3CCN(C)CC3)CC2)ccc1Cc1nc(N)c(Cl)c(Nc2ccccc2P(C)(C)=O)n1. The second-order valence-corrected chi connectivity index (χ2v) is 46.1. The van der Waals surface area contributed by atoms with Gasteiger partial charge >= 0.3 is 0 Å². The van der Waals surface area contributed by atoms with Gasteiger partial charge < -0.3 is 84.7 Å². The number of methoxy groups -OCH3 is 3. The third kappa shape index (κ3) is 24.7. The van der Waals surface area contributed by atoms with Gasteiger partial charge in [0.1, 0.15) is 65.4 Å². The zero-order valence-corrected chi connectivity index (χ0v) is 80.1. The molecule has 0 bridgehead atoms. The van der Waals surface area contributed by atoms with E-state index in [-0.39, 0.29) is 16.4 Å². The lowest BCUT2D eigenvalue weighted by Crippen LogP contribution is -2.58. The molecule has 3 aromatic heterocycles. The van der Waals surface area contributed by atoms with Crippen LogP contribution in [0, 0.1) is 6.92 Å². The van der Waals surface area contributed by atoms with Crippen molar-refractivity contribution >= 4 is 153 Å². The molecule has 0 atom stereocenters. The van der Waals surface area contributed by atoms with Crippen molar-refractivity contribution in [3.8, 4) is 17.2 Å². The smallest absolute Gasteiger partial charge is 0.229 e. The number of nitrogens with zero attached hydrogens (tertiary/aromatic N) is 16. The molecule has 6 aromatic carbocycles. The number of halogens is 3. The second kappa shape index (κ2) is 41.7. The third-order valence-electron chi connectivity index (χ3n) is 24.3. The van der Waals surface area contributed by atoms with Gasteiger partial charge in [0.2, 0.25) is 11.9 Å². The molecular formula is C91H126Cl3N22O6P3. The number of hydrogen-bond donors (Lipinski definition) is 6. The van der Waals surface area contributed by atoms with Crippen LogP contribution in [-0.4, -0.2) is 288 Å². The molecule has 0 amide bonds. The lowest BCUT2D eigenvalue weighted by Gasteiger charge is -2.46. The Morgan fingerprint density at radius 1 is 0.432 bits per heavy atom. The summed E-state index contributed by atoms with van der Waals surface area (Å²) in [6.45, 7) is 41.2. The van der Waals surface area contributed by atoms with Crippen molar-refractivity contribution in [2.24, 2.45) is 0 Å². The van der Waals surface area contributed by atoms with Crippen molar-refractivity contribution < 1.29 is 27.9 Å². The Kier molecular flexibility index (Phi) is 31.4. The zero-order valence-electron chi connectivity index (χ0n) is 75.2. The Bertz CT molecular complexity index is 5320. The molecule has 672 valence electrons. The number of piperazine rings is 4. The maximum absolute atomic E-state index is 12.9. The minimum atomic E-state index is -2.53. The predicted molar refractivity (Wildman–Crippen MR) is 520 cm³/mol. The van der Waals surface area contributed by atoms with Gasteiger partial charge in [-0.15, -0.1) is 0 Å². The number of nitrogens with one attached hydrogen (secondary N) is 5. The van der Waals surface area contributed by atoms with Crippen LogP contribution in [0.1, 0.15) is 63.4 Å². The van der Waals surface area contributed by atoms with Gasteiger partial charge in [0.25, 0.3) is 0 Å². The second-order valence-electron chi connectivity index (χ2n) is 35.3. The van der Waals surface area contributed by atoms with Gasteiger partial charge in [-0.05, 0) is 180 Å². The fraction of sp³-hybridized carbons (Fsp3) is 0.473. The average Bonchev–Trinajstić information content (AvgIpc) is 0.810. The standard InChI is InChI=1S/C32H45ClN7O2P.C30H41ClN7O2P.C29H40ClN8O2P/c1-32(2,3)40-19-17-39(18-20-40)23-13-15-38(16-14-23)24-11-12-26(28(21-24)42-4)36-31-34-22-25(33)30(37-31)35-27-9-7-8-10-29(27)43(5,6)41;1-21-6-9-28(41(4,5)39)26(18-21)33-29-24(31)20-32-30(35-29)34-25-8-7-23(19-27(25)40-3)37-12-10-22(11-13-37)38-16-14-36(2)15-17-38;1-35-11-15-37(16-12-35)38-17-13-36(14-18-38)22-10-9-21(24(20-22)40-2)19-26-33-28(31)27(30)29(34-26)32-23-7-5-6-8-25(23)41(3,4)39/h7-12,21-23H,13-20H2,1-6H3,(H2,34,35,36,37);6-9,18-20,22H,10-17H2,1-5H3,(H2,32,33,34,35);5-10,20H,11-19H2,1-4H3,(H3,31,32,33,34). The van der Waals surface area contributed by atoms with E-state index < -0.39 is 21.4 Å². The van der Waals surface area contributed by atoms with E-state index in [4.69, 9.17) is 54.7 Å². The van der Waals surface area contributed by atoms with E-state index in [1.54, 1.807) is 73.7 Å². The number of anilines is 14. The van der Waals surface area contributed by atoms with Crippen molar-refractivity contribution in [2.45, 2.75) is 77.4 Å². The van der Waals surface area contributed by atoms with Gasteiger partial charge in [-0.25, -0.2) is 30.0 Å². The number of likely N-dealkylation sites (N-methyl/N-ethyl adjacent to an activating group) is 2. The van der Waals surface area contributed by atoms with Gasteiger partial charge in [0, 0.05) is 212 Å². The summed E-state index contributed by atoms with van der Waals surface area (Å²) in [5.74, 6) is 4.89. The highest BCUT2D eigenvalue weighted by atomic mass is 35.5. The van der Waals surface area contributed by atoms with E-state index in [1.165, 1.54) is 38.8 Å². The van der Waals surface area contributed by atoms with Crippen molar-refractivity contribution in [2.75, 3.05) is 253 Å². The van der Waals surface area contributed by atoms with Crippen LogP contribution >= 0.6 is 56.2 Å². The van der Waals surface area contributed by atoms with Gasteiger partial charge in [-0.1, -0.05) is 71.2 Å². The van der Waals surface area contributed by atoms with E-state index in [1.807, 2.05) is 85.8 Å². The molecule has 0 radical (unpaired) electrons. The van der Waals surface area contributed by atoms with E-state index in [0.717, 1.165) is 190 Å². The first-order chi connectivity index (χ1) is 59.6. The molecule has 0 spiro atoms.